The van der Waals surface area contributed by atoms with Gasteiger partial charge in [-0.15, -0.1) is 0 Å². The molecule has 2 aliphatic rings. The van der Waals surface area contributed by atoms with Crippen molar-refractivity contribution in [2.45, 2.75) is 12.5 Å². The third kappa shape index (κ3) is 2.03. The monoisotopic (exact) mass is 294 g/mol. The third-order valence-electron chi connectivity index (χ3n) is 4.75. The van der Waals surface area contributed by atoms with E-state index in [9.17, 15) is 9.90 Å². The van der Waals surface area contributed by atoms with E-state index in [0.29, 0.717) is 13.1 Å². The molecule has 0 bridgehead atoms. The van der Waals surface area contributed by atoms with Crippen molar-refractivity contribution in [2.75, 3.05) is 24.5 Å². The lowest BCUT2D eigenvalue weighted by molar-refractivity contribution is 0.135. The van der Waals surface area contributed by atoms with Crippen molar-refractivity contribution in [1.82, 2.24) is 4.90 Å². The number of amides is 1. The first-order valence-corrected chi connectivity index (χ1v) is 7.64. The summed E-state index contributed by atoms with van der Waals surface area (Å²) in [6.45, 7) is 1.82. The fourth-order valence-electron chi connectivity index (χ4n) is 3.68. The van der Waals surface area contributed by atoms with Crippen molar-refractivity contribution in [3.05, 3.63) is 65.2 Å². The number of para-hydroxylation sites is 1. The molecule has 4 nitrogen and oxygen atoms in total. The zero-order valence-corrected chi connectivity index (χ0v) is 12.3. The lowest BCUT2D eigenvalue weighted by atomic mass is 9.96. The van der Waals surface area contributed by atoms with Gasteiger partial charge in [-0.2, -0.15) is 0 Å². The molecular formula is C18H18N2O2. The Hall–Kier alpha value is -2.49. The molecule has 2 aromatic carbocycles. The van der Waals surface area contributed by atoms with Crippen LogP contribution in [0, 0.1) is 0 Å². The van der Waals surface area contributed by atoms with Gasteiger partial charge in [0.05, 0.1) is 6.04 Å². The topological polar surface area (TPSA) is 43.8 Å². The Morgan fingerprint density at radius 3 is 2.55 bits per heavy atom. The average molecular weight is 294 g/mol. The summed E-state index contributed by atoms with van der Waals surface area (Å²) < 4.78 is 0. The van der Waals surface area contributed by atoms with Gasteiger partial charge in [-0.1, -0.05) is 42.5 Å². The van der Waals surface area contributed by atoms with Crippen LogP contribution in [0.15, 0.2) is 48.5 Å². The van der Waals surface area contributed by atoms with Crippen LogP contribution in [-0.4, -0.2) is 35.7 Å². The SMILES string of the molecule is O=C(O)N1CCN2c3ccccc3Cc3ccccc3[C@@H]2C1. The van der Waals surface area contributed by atoms with Crippen molar-refractivity contribution >= 4 is 11.8 Å². The molecular weight excluding hydrogens is 276 g/mol. The lowest BCUT2D eigenvalue weighted by Gasteiger charge is -2.42. The van der Waals surface area contributed by atoms with Gasteiger partial charge in [-0.05, 0) is 29.2 Å². The quantitative estimate of drug-likeness (QED) is 0.812. The Bertz CT molecular complexity index is 729. The molecule has 2 heterocycles. The molecule has 1 amide bonds. The zero-order chi connectivity index (χ0) is 15.1. The van der Waals surface area contributed by atoms with E-state index in [0.717, 1.165) is 13.0 Å². The summed E-state index contributed by atoms with van der Waals surface area (Å²) >= 11 is 0. The molecule has 0 aromatic heterocycles. The molecule has 22 heavy (non-hydrogen) atoms. The first-order chi connectivity index (χ1) is 10.7. The zero-order valence-electron chi connectivity index (χ0n) is 12.3. The lowest BCUT2D eigenvalue weighted by Crippen LogP contribution is -2.50. The maximum Gasteiger partial charge on any atom is 0.407 e. The second-order valence-electron chi connectivity index (χ2n) is 5.94. The second kappa shape index (κ2) is 5.05. The van der Waals surface area contributed by atoms with E-state index in [1.807, 2.05) is 6.07 Å². The number of carbonyl (C=O) groups is 1. The van der Waals surface area contributed by atoms with Crippen molar-refractivity contribution in [3.8, 4) is 0 Å². The number of fused-ring (bicyclic) bond motifs is 5. The smallest absolute Gasteiger partial charge is 0.407 e. The highest BCUT2D eigenvalue weighted by Crippen LogP contribution is 2.38. The van der Waals surface area contributed by atoms with Gasteiger partial charge in [-0.25, -0.2) is 4.79 Å². The number of piperazine rings is 1. The molecule has 0 saturated carbocycles. The van der Waals surface area contributed by atoms with E-state index >= 15 is 0 Å². The van der Waals surface area contributed by atoms with E-state index in [1.165, 1.54) is 27.3 Å². The molecule has 4 rings (SSSR count). The first-order valence-electron chi connectivity index (χ1n) is 7.64. The molecule has 0 aliphatic carbocycles. The Morgan fingerprint density at radius 1 is 1.00 bits per heavy atom. The maximum absolute atomic E-state index is 11.4. The van der Waals surface area contributed by atoms with Gasteiger partial charge in [0.2, 0.25) is 0 Å². The van der Waals surface area contributed by atoms with Gasteiger partial charge in [0.1, 0.15) is 0 Å². The predicted molar refractivity (Wildman–Crippen MR) is 85.4 cm³/mol. The standard InChI is InChI=1S/C18H18N2O2/c21-18(22)19-9-10-20-16-8-4-2-6-14(16)11-13-5-1-3-7-15(13)17(20)12-19/h1-8,17H,9-12H2,(H,21,22)/t17-/m0/s1. The number of rotatable bonds is 0. The number of hydrogen-bond donors (Lipinski definition) is 1. The van der Waals surface area contributed by atoms with Crippen LogP contribution in [0.5, 0.6) is 0 Å². The van der Waals surface area contributed by atoms with Crippen molar-refractivity contribution in [2.24, 2.45) is 0 Å². The molecule has 1 saturated heterocycles. The molecule has 2 aromatic rings. The second-order valence-corrected chi connectivity index (χ2v) is 5.94. The van der Waals surface area contributed by atoms with Gasteiger partial charge < -0.3 is 14.9 Å². The van der Waals surface area contributed by atoms with E-state index < -0.39 is 6.09 Å². The molecule has 1 N–H and O–H groups in total. The number of hydrogen-bond acceptors (Lipinski definition) is 2. The summed E-state index contributed by atoms with van der Waals surface area (Å²) in [6, 6.07) is 17.0. The van der Waals surface area contributed by atoms with Crippen LogP contribution in [0.2, 0.25) is 0 Å². The van der Waals surface area contributed by atoms with Crippen molar-refractivity contribution in [3.63, 3.8) is 0 Å². The van der Waals surface area contributed by atoms with Crippen LogP contribution in [0.3, 0.4) is 0 Å². The minimum absolute atomic E-state index is 0.102. The highest BCUT2D eigenvalue weighted by atomic mass is 16.4. The van der Waals surface area contributed by atoms with Gasteiger partial charge in [0.25, 0.3) is 0 Å². The Labute approximate surface area is 129 Å². The first kappa shape index (κ1) is 13.2. The summed E-state index contributed by atoms with van der Waals surface area (Å²) in [7, 11) is 0. The number of nitrogens with zero attached hydrogens (tertiary/aromatic N) is 2. The maximum atomic E-state index is 11.4. The number of anilines is 1. The van der Waals surface area contributed by atoms with Crippen LogP contribution in [0.1, 0.15) is 22.7 Å². The molecule has 4 heteroatoms. The Kier molecular flexibility index (Phi) is 3.03. The molecule has 112 valence electrons. The minimum atomic E-state index is -0.824. The largest absolute Gasteiger partial charge is 0.465 e. The number of benzene rings is 2. The van der Waals surface area contributed by atoms with Crippen LogP contribution in [0.25, 0.3) is 0 Å². The highest BCUT2D eigenvalue weighted by Gasteiger charge is 2.34. The molecule has 0 unspecified atom stereocenters. The van der Waals surface area contributed by atoms with E-state index in [4.69, 9.17) is 0 Å². The summed E-state index contributed by atoms with van der Waals surface area (Å²) in [5.74, 6) is 0. The van der Waals surface area contributed by atoms with Crippen molar-refractivity contribution in [1.29, 1.82) is 0 Å². The van der Waals surface area contributed by atoms with Gasteiger partial charge >= 0.3 is 6.09 Å². The molecule has 0 spiro atoms. The molecule has 2 aliphatic heterocycles. The fourth-order valence-corrected chi connectivity index (χ4v) is 3.68. The predicted octanol–water partition coefficient (Wildman–Crippen LogP) is 3.13. The number of carboxylic acid groups (broad SMARTS) is 1. The third-order valence-corrected chi connectivity index (χ3v) is 4.75. The molecule has 0 radical (unpaired) electrons. The molecule has 1 atom stereocenters. The normalized spacial score (nSPS) is 19.7. The van der Waals surface area contributed by atoms with E-state index in [-0.39, 0.29) is 6.04 Å². The van der Waals surface area contributed by atoms with Crippen LogP contribution in [0.4, 0.5) is 10.5 Å². The van der Waals surface area contributed by atoms with Crippen LogP contribution >= 0.6 is 0 Å². The van der Waals surface area contributed by atoms with Crippen molar-refractivity contribution < 1.29 is 9.90 Å². The summed E-state index contributed by atoms with van der Waals surface area (Å²) in [6.07, 6.45) is 0.0848. The average Bonchev–Trinajstić information content (AvgIpc) is 2.69. The summed E-state index contributed by atoms with van der Waals surface area (Å²) in [5, 5.41) is 9.35. The molecule has 1 fully saturated rings. The van der Waals surface area contributed by atoms with Crippen LogP contribution in [-0.2, 0) is 6.42 Å². The van der Waals surface area contributed by atoms with Gasteiger partial charge in [0.15, 0.2) is 0 Å². The van der Waals surface area contributed by atoms with Gasteiger partial charge in [-0.3, -0.25) is 0 Å². The summed E-state index contributed by atoms with van der Waals surface area (Å²) in [4.78, 5) is 15.3. The summed E-state index contributed by atoms with van der Waals surface area (Å²) in [5.41, 5.74) is 5.12. The Morgan fingerprint density at radius 2 is 1.73 bits per heavy atom. The minimum Gasteiger partial charge on any atom is -0.465 e. The van der Waals surface area contributed by atoms with E-state index in [1.54, 1.807) is 0 Å². The Balaban J connectivity index is 1.85. The van der Waals surface area contributed by atoms with Crippen LogP contribution < -0.4 is 4.90 Å². The highest BCUT2D eigenvalue weighted by molar-refractivity contribution is 5.67. The van der Waals surface area contributed by atoms with Gasteiger partial charge in [0, 0.05) is 25.3 Å². The van der Waals surface area contributed by atoms with E-state index in [2.05, 4.69) is 47.4 Å². The fraction of sp³-hybridized carbons (Fsp3) is 0.278.